The largest absolute Gasteiger partial charge is 0.497 e. The fourth-order valence-electron chi connectivity index (χ4n) is 3.76. The van der Waals surface area contributed by atoms with Gasteiger partial charge in [0.25, 0.3) is 5.91 Å². The minimum Gasteiger partial charge on any atom is -0.497 e. The lowest BCUT2D eigenvalue weighted by Crippen LogP contribution is -2.30. The maximum atomic E-state index is 13.1. The molecule has 0 fully saturated rings. The number of ketones is 1. The second-order valence-corrected chi connectivity index (χ2v) is 8.34. The van der Waals surface area contributed by atoms with Gasteiger partial charge in [0, 0.05) is 23.2 Å². The molecule has 0 atom stereocenters. The molecule has 1 aliphatic rings. The maximum Gasteiger partial charge on any atom is 0.251 e. The number of aliphatic hydroxyl groups excluding tert-OH is 1. The average molecular weight is 439 g/mol. The molecule has 1 amide bonds. The maximum absolute atomic E-state index is 13.1. The molecule has 0 bridgehead atoms. The molecule has 2 N–H and O–H groups in total. The Labute approximate surface area is 188 Å². The van der Waals surface area contributed by atoms with Crippen LogP contribution < -0.4 is 10.1 Å². The number of nitrogens with one attached hydrogen (secondary N) is 1. The van der Waals surface area contributed by atoms with E-state index in [-0.39, 0.29) is 36.9 Å². The Balaban J connectivity index is 1.74. The highest BCUT2D eigenvalue weighted by Crippen LogP contribution is 2.31. The van der Waals surface area contributed by atoms with Gasteiger partial charge in [-0.2, -0.15) is 0 Å². The van der Waals surface area contributed by atoms with Crippen molar-refractivity contribution in [1.29, 1.82) is 0 Å². The predicted octanol–water partition coefficient (Wildman–Crippen LogP) is 2.83. The molecular weight excluding hydrogens is 408 g/mol. The first-order chi connectivity index (χ1) is 15.3. The third kappa shape index (κ3) is 6.02. The standard InChI is InChI=1S/C25H30N2O5/c1-25(2)16-19-7-8-20(31-3)14-21(19)22(27-25)15-23(29)17-5-4-6-18(13-17)24(30)26-9-11-32-12-10-28/h4-8,13-14,28H,9-12,15-16H2,1-3H3,(H,26,30). The third-order valence-electron chi connectivity index (χ3n) is 5.23. The van der Waals surface area contributed by atoms with Gasteiger partial charge in [0.05, 0.1) is 44.6 Å². The summed E-state index contributed by atoms with van der Waals surface area (Å²) in [6.45, 7) is 4.91. The number of nitrogens with zero attached hydrogens (tertiary/aromatic N) is 1. The number of hydrogen-bond acceptors (Lipinski definition) is 6. The molecule has 0 spiro atoms. The number of amides is 1. The van der Waals surface area contributed by atoms with Crippen LogP contribution in [0.15, 0.2) is 47.5 Å². The second kappa shape index (κ2) is 10.5. The lowest BCUT2D eigenvalue weighted by molar-refractivity contribution is 0.0838. The van der Waals surface area contributed by atoms with E-state index < -0.39 is 0 Å². The van der Waals surface area contributed by atoms with Crippen LogP contribution in [0.2, 0.25) is 0 Å². The zero-order valence-corrected chi connectivity index (χ0v) is 18.8. The van der Waals surface area contributed by atoms with Crippen LogP contribution >= 0.6 is 0 Å². The first-order valence-corrected chi connectivity index (χ1v) is 10.7. The number of aliphatic imine (C=N–C) groups is 1. The summed E-state index contributed by atoms with van der Waals surface area (Å²) in [5.41, 5.74) is 3.39. The van der Waals surface area contributed by atoms with E-state index in [0.29, 0.717) is 24.3 Å². The molecule has 1 heterocycles. The molecular formula is C25H30N2O5. The van der Waals surface area contributed by atoms with Gasteiger partial charge in [-0.15, -0.1) is 0 Å². The molecule has 0 saturated carbocycles. The van der Waals surface area contributed by atoms with Crippen molar-refractivity contribution < 1.29 is 24.2 Å². The minimum atomic E-state index is -0.295. The van der Waals surface area contributed by atoms with Crippen LogP contribution in [0, 0.1) is 0 Å². The van der Waals surface area contributed by atoms with E-state index >= 15 is 0 Å². The zero-order valence-electron chi connectivity index (χ0n) is 18.8. The van der Waals surface area contributed by atoms with Crippen molar-refractivity contribution in [3.63, 3.8) is 0 Å². The van der Waals surface area contributed by atoms with E-state index in [1.54, 1.807) is 31.4 Å². The Morgan fingerprint density at radius 3 is 2.66 bits per heavy atom. The summed E-state index contributed by atoms with van der Waals surface area (Å²) in [6.07, 6.45) is 0.936. The molecule has 32 heavy (non-hydrogen) atoms. The average Bonchev–Trinajstić information content (AvgIpc) is 2.78. The summed E-state index contributed by atoms with van der Waals surface area (Å²) in [6, 6.07) is 12.6. The number of Topliss-reactive ketones (excluding diaryl/α,β-unsaturated/α-hetero) is 1. The van der Waals surface area contributed by atoms with Gasteiger partial charge in [-0.05, 0) is 50.1 Å². The topological polar surface area (TPSA) is 97.2 Å². The summed E-state index contributed by atoms with van der Waals surface area (Å²) >= 11 is 0. The minimum absolute atomic E-state index is 0.0577. The molecule has 3 rings (SSSR count). The van der Waals surface area contributed by atoms with E-state index in [2.05, 4.69) is 19.2 Å². The molecule has 2 aromatic carbocycles. The van der Waals surface area contributed by atoms with Gasteiger partial charge >= 0.3 is 0 Å². The molecule has 7 nitrogen and oxygen atoms in total. The van der Waals surface area contributed by atoms with Crippen LogP contribution in [0.5, 0.6) is 5.75 Å². The normalized spacial score (nSPS) is 14.3. The van der Waals surface area contributed by atoms with Crippen LogP contribution in [0.25, 0.3) is 0 Å². The van der Waals surface area contributed by atoms with Crippen LogP contribution in [-0.4, -0.2) is 61.5 Å². The van der Waals surface area contributed by atoms with E-state index in [1.165, 1.54) is 0 Å². The summed E-state index contributed by atoms with van der Waals surface area (Å²) in [5.74, 6) is 0.347. The van der Waals surface area contributed by atoms with Crippen LogP contribution in [0.4, 0.5) is 0 Å². The second-order valence-electron chi connectivity index (χ2n) is 8.34. The van der Waals surface area contributed by atoms with Crippen LogP contribution in [-0.2, 0) is 11.2 Å². The SMILES string of the molecule is COc1ccc2c(c1)C(CC(=O)c1cccc(C(=O)NCCOCCO)c1)=NC(C)(C)C2. The van der Waals surface area contributed by atoms with Crippen molar-refractivity contribution >= 4 is 17.4 Å². The van der Waals surface area contributed by atoms with Crippen molar-refractivity contribution in [2.45, 2.75) is 32.2 Å². The first-order valence-electron chi connectivity index (χ1n) is 10.7. The van der Waals surface area contributed by atoms with Crippen molar-refractivity contribution in [2.24, 2.45) is 4.99 Å². The molecule has 0 radical (unpaired) electrons. The van der Waals surface area contributed by atoms with E-state index in [9.17, 15) is 9.59 Å². The number of hydrogen-bond donors (Lipinski definition) is 2. The molecule has 0 aromatic heterocycles. The van der Waals surface area contributed by atoms with Crippen molar-refractivity contribution in [1.82, 2.24) is 5.32 Å². The molecule has 0 unspecified atom stereocenters. The fourth-order valence-corrected chi connectivity index (χ4v) is 3.76. The van der Waals surface area contributed by atoms with Crippen molar-refractivity contribution in [3.05, 3.63) is 64.7 Å². The molecule has 170 valence electrons. The van der Waals surface area contributed by atoms with Gasteiger partial charge in [0.1, 0.15) is 5.75 Å². The van der Waals surface area contributed by atoms with E-state index in [0.717, 1.165) is 29.0 Å². The Kier molecular flexibility index (Phi) is 7.77. The Hall–Kier alpha value is -3.03. The molecule has 0 saturated heterocycles. The van der Waals surface area contributed by atoms with Gasteiger partial charge in [-0.3, -0.25) is 14.6 Å². The van der Waals surface area contributed by atoms with Crippen LogP contribution in [0.1, 0.15) is 52.1 Å². The highest BCUT2D eigenvalue weighted by atomic mass is 16.5. The first kappa shape index (κ1) is 23.6. The fraction of sp³-hybridized carbons (Fsp3) is 0.400. The molecule has 1 aliphatic heterocycles. The van der Waals surface area contributed by atoms with E-state index in [1.807, 2.05) is 18.2 Å². The number of methoxy groups -OCH3 is 1. The Morgan fingerprint density at radius 1 is 1.12 bits per heavy atom. The highest BCUT2D eigenvalue weighted by molar-refractivity contribution is 6.17. The predicted molar refractivity (Wildman–Crippen MR) is 123 cm³/mol. The number of carbonyl (C=O) groups is 2. The van der Waals surface area contributed by atoms with Gasteiger partial charge in [-0.25, -0.2) is 0 Å². The number of benzene rings is 2. The van der Waals surface area contributed by atoms with Gasteiger partial charge in [-0.1, -0.05) is 18.2 Å². The third-order valence-corrected chi connectivity index (χ3v) is 5.23. The molecule has 7 heteroatoms. The quantitative estimate of drug-likeness (QED) is 0.439. The van der Waals surface area contributed by atoms with Crippen molar-refractivity contribution in [2.75, 3.05) is 33.5 Å². The van der Waals surface area contributed by atoms with Crippen LogP contribution in [0.3, 0.4) is 0 Å². The monoisotopic (exact) mass is 438 g/mol. The Morgan fingerprint density at radius 2 is 1.91 bits per heavy atom. The summed E-state index contributed by atoms with van der Waals surface area (Å²) in [4.78, 5) is 30.4. The molecule has 2 aromatic rings. The number of rotatable bonds is 10. The number of fused-ring (bicyclic) bond motifs is 1. The number of carbonyl (C=O) groups excluding carboxylic acids is 2. The lowest BCUT2D eigenvalue weighted by Gasteiger charge is -2.29. The van der Waals surface area contributed by atoms with E-state index in [4.69, 9.17) is 19.6 Å². The zero-order chi connectivity index (χ0) is 23.1. The lowest BCUT2D eigenvalue weighted by atomic mass is 9.85. The summed E-state index contributed by atoms with van der Waals surface area (Å²) in [5, 5.41) is 11.5. The van der Waals surface area contributed by atoms with Crippen molar-refractivity contribution in [3.8, 4) is 5.75 Å². The highest BCUT2D eigenvalue weighted by Gasteiger charge is 2.28. The summed E-state index contributed by atoms with van der Waals surface area (Å²) in [7, 11) is 1.62. The number of aliphatic hydroxyl groups is 1. The number of ether oxygens (including phenoxy) is 2. The van der Waals surface area contributed by atoms with Gasteiger partial charge in [0.15, 0.2) is 5.78 Å². The Bertz CT molecular complexity index is 1010. The summed E-state index contributed by atoms with van der Waals surface area (Å²) < 4.78 is 10.5. The van der Waals surface area contributed by atoms with Gasteiger partial charge in [0.2, 0.25) is 0 Å². The molecule has 0 aliphatic carbocycles. The van der Waals surface area contributed by atoms with Gasteiger partial charge < -0.3 is 19.9 Å². The smallest absolute Gasteiger partial charge is 0.251 e.